The number of benzene rings is 2. The highest BCUT2D eigenvalue weighted by atomic mass is 32.1. The van der Waals surface area contributed by atoms with Gasteiger partial charge in [-0.3, -0.25) is 10.1 Å². The second kappa shape index (κ2) is 10.2. The number of ether oxygens (including phenoxy) is 2. The van der Waals surface area contributed by atoms with Crippen LogP contribution in [0, 0.1) is 17.0 Å². The Morgan fingerprint density at radius 1 is 1.19 bits per heavy atom. The van der Waals surface area contributed by atoms with Crippen molar-refractivity contribution in [3.05, 3.63) is 69.1 Å². The SMILES string of the molecule is CCOC(=O)c1c(NC(=S)Nc2cc([N+](=O)[O-])ccc2OC)sc(C)c1-c1ccccc1. The maximum absolute atomic E-state index is 12.8. The number of methoxy groups -OCH3 is 1. The molecule has 0 bridgehead atoms. The summed E-state index contributed by atoms with van der Waals surface area (Å²) < 4.78 is 10.6. The molecule has 0 atom stereocenters. The van der Waals surface area contributed by atoms with Crippen LogP contribution in [0.25, 0.3) is 11.1 Å². The van der Waals surface area contributed by atoms with Gasteiger partial charge in [0.05, 0.1) is 24.3 Å². The van der Waals surface area contributed by atoms with Gasteiger partial charge in [-0.25, -0.2) is 4.79 Å². The third-order valence-electron chi connectivity index (χ3n) is 4.50. The van der Waals surface area contributed by atoms with Gasteiger partial charge >= 0.3 is 5.97 Å². The summed E-state index contributed by atoms with van der Waals surface area (Å²) in [5, 5.41) is 17.7. The number of carbonyl (C=O) groups is 1. The van der Waals surface area contributed by atoms with E-state index in [2.05, 4.69) is 10.6 Å². The van der Waals surface area contributed by atoms with Crippen LogP contribution in [0.2, 0.25) is 0 Å². The Morgan fingerprint density at radius 3 is 2.53 bits per heavy atom. The first-order chi connectivity index (χ1) is 15.3. The van der Waals surface area contributed by atoms with Crippen LogP contribution >= 0.6 is 23.6 Å². The highest BCUT2D eigenvalue weighted by Gasteiger charge is 2.25. The lowest BCUT2D eigenvalue weighted by Gasteiger charge is -2.14. The van der Waals surface area contributed by atoms with E-state index < -0.39 is 10.9 Å². The van der Waals surface area contributed by atoms with Crippen molar-refractivity contribution in [2.75, 3.05) is 24.4 Å². The molecule has 0 fully saturated rings. The number of rotatable bonds is 7. The average Bonchev–Trinajstić information content (AvgIpc) is 3.09. The second-order valence-corrected chi connectivity index (χ2v) is 8.18. The number of thiocarbonyl (C=S) groups is 1. The third-order valence-corrected chi connectivity index (χ3v) is 5.72. The van der Waals surface area contributed by atoms with Crippen molar-refractivity contribution in [2.24, 2.45) is 0 Å². The molecule has 10 heteroatoms. The molecule has 32 heavy (non-hydrogen) atoms. The van der Waals surface area contributed by atoms with Gasteiger partial charge in [0.25, 0.3) is 5.69 Å². The van der Waals surface area contributed by atoms with E-state index in [1.54, 1.807) is 6.92 Å². The Balaban J connectivity index is 1.95. The molecule has 0 radical (unpaired) electrons. The van der Waals surface area contributed by atoms with E-state index in [9.17, 15) is 14.9 Å². The fourth-order valence-corrected chi connectivity index (χ4v) is 4.49. The number of thiophene rings is 1. The van der Waals surface area contributed by atoms with Crippen molar-refractivity contribution in [1.29, 1.82) is 0 Å². The van der Waals surface area contributed by atoms with Crippen LogP contribution in [0.5, 0.6) is 5.75 Å². The maximum Gasteiger partial charge on any atom is 0.341 e. The molecular weight excluding hydrogens is 450 g/mol. The molecule has 0 amide bonds. The van der Waals surface area contributed by atoms with Crippen LogP contribution in [0.4, 0.5) is 16.4 Å². The Bertz CT molecular complexity index is 1160. The molecule has 2 N–H and O–H groups in total. The van der Waals surface area contributed by atoms with Crippen LogP contribution in [-0.2, 0) is 4.74 Å². The minimum atomic E-state index is -0.505. The number of anilines is 2. The zero-order valence-corrected chi connectivity index (χ0v) is 19.3. The van der Waals surface area contributed by atoms with Crippen molar-refractivity contribution in [2.45, 2.75) is 13.8 Å². The molecule has 0 unspecified atom stereocenters. The van der Waals surface area contributed by atoms with Gasteiger partial charge in [0.15, 0.2) is 5.11 Å². The Hall–Kier alpha value is -3.50. The number of nitro benzene ring substituents is 1. The first-order valence-corrected chi connectivity index (χ1v) is 10.8. The van der Waals surface area contributed by atoms with Crippen molar-refractivity contribution in [1.82, 2.24) is 0 Å². The van der Waals surface area contributed by atoms with E-state index in [0.717, 1.165) is 16.0 Å². The van der Waals surface area contributed by atoms with E-state index in [1.807, 2.05) is 37.3 Å². The zero-order chi connectivity index (χ0) is 23.3. The fourth-order valence-electron chi connectivity index (χ4n) is 3.15. The molecule has 0 saturated heterocycles. The predicted molar refractivity (Wildman–Crippen MR) is 130 cm³/mol. The summed E-state index contributed by atoms with van der Waals surface area (Å²) in [7, 11) is 1.45. The quantitative estimate of drug-likeness (QED) is 0.198. The maximum atomic E-state index is 12.8. The number of non-ortho nitro benzene ring substituents is 1. The number of nitrogens with one attached hydrogen (secondary N) is 2. The first kappa shape index (κ1) is 23.2. The molecule has 1 heterocycles. The normalized spacial score (nSPS) is 10.3. The molecule has 0 spiro atoms. The van der Waals surface area contributed by atoms with Gasteiger partial charge in [0.2, 0.25) is 0 Å². The monoisotopic (exact) mass is 471 g/mol. The van der Waals surface area contributed by atoms with Crippen LogP contribution in [0.15, 0.2) is 48.5 Å². The average molecular weight is 472 g/mol. The molecule has 1 aromatic heterocycles. The molecule has 0 aliphatic heterocycles. The van der Waals surface area contributed by atoms with Gasteiger partial charge in [-0.1, -0.05) is 30.3 Å². The Kier molecular flexibility index (Phi) is 7.39. The second-order valence-electron chi connectivity index (χ2n) is 6.54. The molecule has 166 valence electrons. The fraction of sp³-hybridized carbons (Fsp3) is 0.182. The van der Waals surface area contributed by atoms with E-state index >= 15 is 0 Å². The zero-order valence-electron chi connectivity index (χ0n) is 17.6. The number of hydrogen-bond donors (Lipinski definition) is 2. The summed E-state index contributed by atoms with van der Waals surface area (Å²) in [4.78, 5) is 24.4. The minimum absolute atomic E-state index is 0.110. The summed E-state index contributed by atoms with van der Waals surface area (Å²) in [5.41, 5.74) is 2.26. The van der Waals surface area contributed by atoms with Crippen molar-refractivity contribution in [3.63, 3.8) is 0 Å². The molecule has 0 aliphatic carbocycles. The molecule has 8 nitrogen and oxygen atoms in total. The molecule has 2 aromatic carbocycles. The van der Waals surface area contributed by atoms with Crippen LogP contribution < -0.4 is 15.4 Å². The number of carbonyl (C=O) groups excluding carboxylic acids is 1. The van der Waals surface area contributed by atoms with Gasteiger partial charge < -0.3 is 20.1 Å². The minimum Gasteiger partial charge on any atom is -0.495 e. The summed E-state index contributed by atoms with van der Waals surface area (Å²) in [6.45, 7) is 3.89. The van der Waals surface area contributed by atoms with Crippen LogP contribution in [0.3, 0.4) is 0 Å². The van der Waals surface area contributed by atoms with Crippen molar-refractivity contribution < 1.29 is 19.2 Å². The summed E-state index contributed by atoms with van der Waals surface area (Å²) in [6.07, 6.45) is 0. The van der Waals surface area contributed by atoms with Gasteiger partial charge in [0, 0.05) is 22.6 Å². The van der Waals surface area contributed by atoms with E-state index in [-0.39, 0.29) is 17.4 Å². The van der Waals surface area contributed by atoms with Crippen LogP contribution in [0.1, 0.15) is 22.2 Å². The summed E-state index contributed by atoms with van der Waals surface area (Å²) >= 11 is 6.79. The number of nitrogens with zero attached hydrogens (tertiary/aromatic N) is 1. The number of nitro groups is 1. The Morgan fingerprint density at radius 2 is 1.91 bits per heavy atom. The Labute approximate surface area is 194 Å². The van der Waals surface area contributed by atoms with E-state index in [1.165, 1.54) is 36.6 Å². The van der Waals surface area contributed by atoms with Gasteiger partial charge in [0.1, 0.15) is 16.3 Å². The standard InChI is InChI=1S/C22H21N3O5S2/c1-4-30-21(26)19-18(14-8-6-5-7-9-14)13(2)32-20(19)24-22(31)23-16-12-15(25(27)28)10-11-17(16)29-3/h5-12H,4H2,1-3H3,(H2,23,24,31). The predicted octanol–water partition coefficient (Wildman–Crippen LogP) is 5.63. The van der Waals surface area contributed by atoms with Gasteiger partial charge in [-0.15, -0.1) is 11.3 Å². The highest BCUT2D eigenvalue weighted by molar-refractivity contribution is 7.80. The molecular formula is C22H21N3O5S2. The number of aryl methyl sites for hydroxylation is 1. The van der Waals surface area contributed by atoms with Gasteiger partial charge in [-0.2, -0.15) is 0 Å². The lowest BCUT2D eigenvalue weighted by Crippen LogP contribution is -2.20. The highest BCUT2D eigenvalue weighted by Crippen LogP contribution is 2.40. The smallest absolute Gasteiger partial charge is 0.341 e. The first-order valence-electron chi connectivity index (χ1n) is 9.62. The molecule has 0 saturated carbocycles. The summed E-state index contributed by atoms with van der Waals surface area (Å²) in [5.74, 6) is -0.0772. The topological polar surface area (TPSA) is 103 Å². The van der Waals surface area contributed by atoms with Crippen molar-refractivity contribution >= 4 is 51.0 Å². The largest absolute Gasteiger partial charge is 0.495 e. The lowest BCUT2D eigenvalue weighted by molar-refractivity contribution is -0.384. The van der Waals surface area contributed by atoms with E-state index in [4.69, 9.17) is 21.7 Å². The molecule has 3 aromatic rings. The molecule has 0 aliphatic rings. The lowest BCUT2D eigenvalue weighted by atomic mass is 10.0. The van der Waals surface area contributed by atoms with Gasteiger partial charge in [-0.05, 0) is 37.7 Å². The van der Waals surface area contributed by atoms with E-state index in [0.29, 0.717) is 22.0 Å². The third kappa shape index (κ3) is 5.04. The van der Waals surface area contributed by atoms with Crippen LogP contribution in [-0.4, -0.2) is 29.7 Å². The number of esters is 1. The molecule has 3 rings (SSSR count). The van der Waals surface area contributed by atoms with Crippen molar-refractivity contribution in [3.8, 4) is 16.9 Å². The summed E-state index contributed by atoms with van der Waals surface area (Å²) in [6, 6.07) is 13.7. The number of hydrogen-bond acceptors (Lipinski definition) is 7.